The number of fused-ring (bicyclic) bond motifs is 3. The number of alkyl halides is 6. The van der Waals surface area contributed by atoms with Gasteiger partial charge in [0, 0.05) is 78.4 Å². The van der Waals surface area contributed by atoms with Crippen molar-refractivity contribution in [2.75, 3.05) is 55.9 Å². The van der Waals surface area contributed by atoms with Crippen molar-refractivity contribution >= 4 is 98.7 Å². The fourth-order valence-electron chi connectivity index (χ4n) is 13.9. The molecule has 6 saturated carbocycles. The van der Waals surface area contributed by atoms with Crippen molar-refractivity contribution in [2.45, 2.75) is 166 Å². The van der Waals surface area contributed by atoms with E-state index in [1.807, 2.05) is 18.2 Å². The third-order valence-electron chi connectivity index (χ3n) is 20.7. The Bertz CT molecular complexity index is 4450. The van der Waals surface area contributed by atoms with E-state index in [0.29, 0.717) is 69.0 Å². The normalized spacial score (nSPS) is 21.2. The number of sulfone groups is 3. The van der Waals surface area contributed by atoms with Crippen molar-refractivity contribution in [3.8, 4) is 0 Å². The van der Waals surface area contributed by atoms with Crippen LogP contribution in [0.25, 0.3) is 0 Å². The van der Waals surface area contributed by atoms with Gasteiger partial charge in [0.15, 0.2) is 29.5 Å². The van der Waals surface area contributed by atoms with Crippen LogP contribution in [-0.2, 0) is 82.8 Å². The molecule has 3 atom stereocenters. The minimum Gasteiger partial charge on any atom is -0.354 e. The Morgan fingerprint density at radius 2 is 0.647 bits per heavy atom. The lowest BCUT2D eigenvalue weighted by Gasteiger charge is -2.26. The molecule has 6 aromatic rings. The first-order valence-corrected chi connectivity index (χ1v) is 39.4. The number of carbonyl (C=O) groups is 6. The number of aromatic nitrogens is 3. The van der Waals surface area contributed by atoms with Crippen LogP contribution in [0.4, 0.5) is 60.5 Å². The molecule has 21 nitrogen and oxygen atoms in total. The number of rotatable bonds is 21. The molecule has 3 aliphatic heterocycles. The molecule has 3 amide bonds. The summed E-state index contributed by atoms with van der Waals surface area (Å²) in [5, 5.41) is 9.24. The fraction of sp³-hybridized carbons (Fsp3) is 0.458. The van der Waals surface area contributed by atoms with Gasteiger partial charge in [-0.2, -0.15) is 0 Å². The van der Waals surface area contributed by atoms with Crippen molar-refractivity contribution in [3.63, 3.8) is 0 Å². The topological polar surface area (TPSA) is 289 Å². The minimum atomic E-state index is -3.59. The van der Waals surface area contributed by atoms with Crippen molar-refractivity contribution in [1.29, 1.82) is 0 Å². The molecule has 6 heterocycles. The standard InChI is InChI=1S/3C24H25F2N3O4S/c3*1-29-12-19-22(23(29)31)18(9-15(27-19)10-20(30)16-11-24(16,25)26)28-17-7-6-14(13-4-3-5-13)8-21(17)34(2,32)33/h3*6-9,13,16H,3-5,10-12H2,1-2H3,(H,27,28)/t16-;;/m0../s1. The van der Waals surface area contributed by atoms with Gasteiger partial charge in [-0.1, -0.05) is 37.5 Å². The van der Waals surface area contributed by atoms with Crippen LogP contribution in [0.15, 0.2) is 87.5 Å². The van der Waals surface area contributed by atoms with Gasteiger partial charge in [0.1, 0.15) is 17.3 Å². The summed E-state index contributed by atoms with van der Waals surface area (Å²) in [4.78, 5) is 93.2. The Hall–Kier alpha value is -8.64. The molecular weight excluding hydrogens is 1390 g/mol. The van der Waals surface area contributed by atoms with E-state index in [-0.39, 0.29) is 105 Å². The number of carbonyl (C=O) groups excluding carboxylic acids is 6. The van der Waals surface area contributed by atoms with E-state index in [4.69, 9.17) is 0 Å². The molecule has 6 aliphatic carbocycles. The average molecular weight is 1470 g/mol. The number of hydrogen-bond donors (Lipinski definition) is 3. The van der Waals surface area contributed by atoms with E-state index in [1.54, 1.807) is 57.5 Å². The van der Waals surface area contributed by atoms with E-state index >= 15 is 0 Å². The van der Waals surface area contributed by atoms with Crippen LogP contribution in [-0.4, -0.2) is 148 Å². The predicted molar refractivity (Wildman–Crippen MR) is 364 cm³/mol. The first kappa shape index (κ1) is 71.7. The molecule has 3 aromatic heterocycles. The number of nitrogens with one attached hydrogen (secondary N) is 3. The van der Waals surface area contributed by atoms with Crippen LogP contribution in [0.1, 0.15) is 177 Å². The molecule has 3 aromatic carbocycles. The predicted octanol–water partition coefficient (Wildman–Crippen LogP) is 11.5. The molecular formula is C72H75F6N9O12S3. The van der Waals surface area contributed by atoms with Crippen molar-refractivity contribution in [2.24, 2.45) is 17.8 Å². The lowest BCUT2D eigenvalue weighted by atomic mass is 9.80. The van der Waals surface area contributed by atoms with Crippen LogP contribution in [0.2, 0.25) is 0 Å². The van der Waals surface area contributed by atoms with Gasteiger partial charge in [-0.25, -0.2) is 51.6 Å². The Morgan fingerprint density at radius 1 is 0.412 bits per heavy atom. The molecule has 102 heavy (non-hydrogen) atoms. The lowest BCUT2D eigenvalue weighted by Crippen LogP contribution is -2.18. The summed E-state index contributed by atoms with van der Waals surface area (Å²) < 4.78 is 156. The molecule has 3 N–H and O–H groups in total. The number of ketones is 3. The molecule has 30 heteroatoms. The zero-order chi connectivity index (χ0) is 73.2. The van der Waals surface area contributed by atoms with Crippen LogP contribution in [0.3, 0.4) is 0 Å². The summed E-state index contributed by atoms with van der Waals surface area (Å²) in [6.07, 6.45) is 10.7. The lowest BCUT2D eigenvalue weighted by molar-refractivity contribution is -0.122. The average Bonchev–Trinajstić information content (AvgIpc) is 1.81. The highest BCUT2D eigenvalue weighted by Crippen LogP contribution is 2.52. The molecule has 2 unspecified atom stereocenters. The van der Waals surface area contributed by atoms with Crippen LogP contribution < -0.4 is 16.0 Å². The summed E-state index contributed by atoms with van der Waals surface area (Å²) in [7, 11) is -5.93. The molecule has 6 fully saturated rings. The Balaban J connectivity index is 0.000000137. The van der Waals surface area contributed by atoms with Crippen LogP contribution in [0.5, 0.6) is 0 Å². The Labute approximate surface area is 585 Å². The van der Waals surface area contributed by atoms with E-state index in [2.05, 4.69) is 30.9 Å². The fourth-order valence-corrected chi connectivity index (χ4v) is 16.5. The highest BCUT2D eigenvalue weighted by Gasteiger charge is 2.62. The quantitative estimate of drug-likeness (QED) is 0.0564. The molecule has 0 spiro atoms. The van der Waals surface area contributed by atoms with Gasteiger partial charge in [0.25, 0.3) is 35.5 Å². The number of hydrogen-bond acceptors (Lipinski definition) is 18. The van der Waals surface area contributed by atoms with E-state index < -0.39 is 102 Å². The summed E-state index contributed by atoms with van der Waals surface area (Å²) >= 11 is 0. The number of halogens is 6. The molecule has 0 saturated heterocycles. The van der Waals surface area contributed by atoms with E-state index in [0.717, 1.165) is 93.2 Å². The number of benzene rings is 3. The van der Waals surface area contributed by atoms with Crippen LogP contribution in [0, 0.1) is 17.8 Å². The summed E-state index contributed by atoms with van der Waals surface area (Å²) in [5.74, 6) is -14.4. The maximum Gasteiger partial charge on any atom is 0.258 e. The van der Waals surface area contributed by atoms with Gasteiger partial charge in [-0.15, -0.1) is 0 Å². The zero-order valence-corrected chi connectivity index (χ0v) is 59.1. The first-order chi connectivity index (χ1) is 47.8. The van der Waals surface area contributed by atoms with E-state index in [1.165, 1.54) is 32.9 Å². The second-order valence-corrected chi connectivity index (χ2v) is 34.7. The highest BCUT2D eigenvalue weighted by atomic mass is 32.2. The number of amides is 3. The van der Waals surface area contributed by atoms with Gasteiger partial charge >= 0.3 is 0 Å². The molecule has 540 valence electrons. The third-order valence-corrected chi connectivity index (χ3v) is 24.2. The number of pyridine rings is 3. The van der Waals surface area contributed by atoms with Gasteiger partial charge in [-0.05, 0) is 128 Å². The van der Waals surface area contributed by atoms with Gasteiger partial charge in [0.2, 0.25) is 0 Å². The highest BCUT2D eigenvalue weighted by molar-refractivity contribution is 7.91. The van der Waals surface area contributed by atoms with Gasteiger partial charge < -0.3 is 30.7 Å². The molecule has 0 radical (unpaired) electrons. The molecule has 0 bridgehead atoms. The monoisotopic (exact) mass is 1470 g/mol. The third kappa shape index (κ3) is 14.7. The maximum atomic E-state index is 13.4. The number of Topliss-reactive ketones (excluding diaryl/α,β-unsaturated/α-hetero) is 3. The minimum absolute atomic E-state index is 0.122. The second-order valence-electron chi connectivity index (χ2n) is 28.8. The van der Waals surface area contributed by atoms with Crippen LogP contribution >= 0.6 is 0 Å². The first-order valence-electron chi connectivity index (χ1n) is 33.7. The Kier molecular flexibility index (Phi) is 18.5. The number of anilines is 6. The van der Waals surface area contributed by atoms with Crippen molar-refractivity contribution < 1.29 is 80.4 Å². The maximum absolute atomic E-state index is 13.4. The molecule has 15 rings (SSSR count). The number of nitrogens with zero attached hydrogens (tertiary/aromatic N) is 6. The SMILES string of the molecule is CN1Cc2nc(CC(=O)C3CC3(F)F)cc(Nc3ccc(C4CCC4)cc3S(C)(=O)=O)c2C1=O.CN1Cc2nc(CC(=O)C3CC3(F)F)cc(Nc3ccc(C4CCC4)cc3S(C)(=O)=O)c2C1=O.CN1Cc2nc(CC(=O)[C@@H]3CC3(F)F)cc(Nc3ccc(C4CCC4)cc3S(C)(=O)=O)c2C1=O. The van der Waals surface area contributed by atoms with Gasteiger partial charge in [0.05, 0.1) is 137 Å². The van der Waals surface area contributed by atoms with Crippen molar-refractivity contribution in [1.82, 2.24) is 29.7 Å². The largest absolute Gasteiger partial charge is 0.354 e. The van der Waals surface area contributed by atoms with Gasteiger partial charge in [-0.3, -0.25) is 43.7 Å². The Morgan fingerprint density at radius 3 is 0.843 bits per heavy atom. The second kappa shape index (κ2) is 26.3. The zero-order valence-electron chi connectivity index (χ0n) is 56.7. The summed E-state index contributed by atoms with van der Waals surface area (Å²) in [6, 6.07) is 20.2. The smallest absolute Gasteiger partial charge is 0.258 e. The van der Waals surface area contributed by atoms with Crippen molar-refractivity contribution in [3.05, 3.63) is 140 Å². The van der Waals surface area contributed by atoms with E-state index in [9.17, 15) is 80.4 Å². The summed E-state index contributed by atoms with van der Waals surface area (Å²) in [6.45, 7) is 0.637. The molecule has 9 aliphatic rings. The summed E-state index contributed by atoms with van der Waals surface area (Å²) in [5.41, 5.74) is 7.71.